The van der Waals surface area contributed by atoms with Gasteiger partial charge in [0.1, 0.15) is 0 Å². The summed E-state index contributed by atoms with van der Waals surface area (Å²) in [7, 11) is 0. The van der Waals surface area contributed by atoms with E-state index in [2.05, 4.69) is 17.4 Å². The van der Waals surface area contributed by atoms with Crippen molar-refractivity contribution in [1.29, 1.82) is 0 Å². The molecule has 0 aliphatic rings. The smallest absolute Gasteiger partial charge is 0.274 e. The van der Waals surface area contributed by atoms with Crippen LogP contribution in [0.2, 0.25) is 0 Å². The molecule has 1 atom stereocenters. The molecule has 0 aliphatic heterocycles. The van der Waals surface area contributed by atoms with Gasteiger partial charge >= 0.3 is 0 Å². The number of hydrogen-bond donors (Lipinski definition) is 3. The topological polar surface area (TPSA) is 78.4 Å². The third-order valence-electron chi connectivity index (χ3n) is 4.24. The number of amides is 2. The first kappa shape index (κ1) is 18.7. The lowest BCUT2D eigenvalue weighted by molar-refractivity contribution is -0.121. The second-order valence-electron chi connectivity index (χ2n) is 6.38. The Balaban J connectivity index is 1.98. The standard InChI is InChI=1S/C20H24N2O3/c1-14(2)18(13-8-15-6-4-3-5-7-15)20(24)21-17-11-9-16(10-12-17)19(23)22-25/h3-7,9-12,14,18,25H,8,13H2,1-2H3,(H,21,24)(H,22,23). The minimum atomic E-state index is -0.583. The van der Waals surface area contributed by atoms with E-state index in [0.29, 0.717) is 11.3 Å². The molecule has 5 heteroatoms. The van der Waals surface area contributed by atoms with Gasteiger partial charge in [0.25, 0.3) is 5.91 Å². The summed E-state index contributed by atoms with van der Waals surface area (Å²) in [5.41, 5.74) is 3.76. The third kappa shape index (κ3) is 5.43. The molecule has 0 spiro atoms. The fourth-order valence-corrected chi connectivity index (χ4v) is 2.74. The van der Waals surface area contributed by atoms with E-state index < -0.39 is 5.91 Å². The number of carbonyl (C=O) groups excluding carboxylic acids is 2. The van der Waals surface area contributed by atoms with Crippen molar-refractivity contribution in [1.82, 2.24) is 5.48 Å². The molecule has 25 heavy (non-hydrogen) atoms. The van der Waals surface area contributed by atoms with Crippen molar-refractivity contribution >= 4 is 17.5 Å². The van der Waals surface area contributed by atoms with Gasteiger partial charge < -0.3 is 5.32 Å². The van der Waals surface area contributed by atoms with Crippen LogP contribution in [-0.4, -0.2) is 17.0 Å². The van der Waals surface area contributed by atoms with E-state index in [1.165, 1.54) is 5.56 Å². The zero-order valence-corrected chi connectivity index (χ0v) is 14.5. The zero-order chi connectivity index (χ0) is 18.2. The van der Waals surface area contributed by atoms with Crippen molar-refractivity contribution in [3.63, 3.8) is 0 Å². The average Bonchev–Trinajstić information content (AvgIpc) is 2.62. The largest absolute Gasteiger partial charge is 0.326 e. The molecule has 3 N–H and O–H groups in total. The summed E-state index contributed by atoms with van der Waals surface area (Å²) in [6.07, 6.45) is 1.63. The second kappa shape index (κ2) is 8.99. The highest BCUT2D eigenvalue weighted by atomic mass is 16.5. The quantitative estimate of drug-likeness (QED) is 0.532. The summed E-state index contributed by atoms with van der Waals surface area (Å²) in [6, 6.07) is 16.5. The molecule has 0 bridgehead atoms. The van der Waals surface area contributed by atoms with Gasteiger partial charge in [-0.2, -0.15) is 0 Å². The minimum Gasteiger partial charge on any atom is -0.326 e. The van der Waals surface area contributed by atoms with Crippen molar-refractivity contribution in [2.75, 3.05) is 5.32 Å². The molecule has 0 heterocycles. The van der Waals surface area contributed by atoms with Crippen LogP contribution >= 0.6 is 0 Å². The maximum Gasteiger partial charge on any atom is 0.274 e. The second-order valence-corrected chi connectivity index (χ2v) is 6.38. The summed E-state index contributed by atoms with van der Waals surface area (Å²) in [5, 5.41) is 11.5. The summed E-state index contributed by atoms with van der Waals surface area (Å²) in [6.45, 7) is 4.09. The van der Waals surface area contributed by atoms with Crippen LogP contribution in [0.1, 0.15) is 36.2 Å². The number of hydroxylamine groups is 1. The van der Waals surface area contributed by atoms with Gasteiger partial charge in [-0.25, -0.2) is 5.48 Å². The highest BCUT2D eigenvalue weighted by Gasteiger charge is 2.22. The molecule has 132 valence electrons. The van der Waals surface area contributed by atoms with E-state index >= 15 is 0 Å². The van der Waals surface area contributed by atoms with Crippen LogP contribution in [0, 0.1) is 11.8 Å². The predicted octanol–water partition coefficient (Wildman–Crippen LogP) is 3.65. The van der Waals surface area contributed by atoms with E-state index in [0.717, 1.165) is 12.8 Å². The Kier molecular flexibility index (Phi) is 6.71. The highest BCUT2D eigenvalue weighted by molar-refractivity contribution is 5.95. The number of anilines is 1. The van der Waals surface area contributed by atoms with Crippen LogP contribution < -0.4 is 10.8 Å². The Bertz CT molecular complexity index is 697. The lowest BCUT2D eigenvalue weighted by Crippen LogP contribution is -2.27. The molecule has 0 saturated carbocycles. The number of nitrogens with one attached hydrogen (secondary N) is 2. The number of hydrogen-bond acceptors (Lipinski definition) is 3. The number of benzene rings is 2. The Morgan fingerprint density at radius 1 is 1.00 bits per heavy atom. The molecular weight excluding hydrogens is 316 g/mol. The average molecular weight is 340 g/mol. The first-order valence-electron chi connectivity index (χ1n) is 8.40. The van der Waals surface area contributed by atoms with Gasteiger partial charge in [-0.05, 0) is 48.6 Å². The Labute approximate surface area is 148 Å². The number of carbonyl (C=O) groups is 2. The lowest BCUT2D eigenvalue weighted by Gasteiger charge is -2.20. The Hall–Kier alpha value is -2.66. The van der Waals surface area contributed by atoms with Crippen LogP contribution in [0.5, 0.6) is 0 Å². The van der Waals surface area contributed by atoms with Crippen molar-refractivity contribution < 1.29 is 14.8 Å². The van der Waals surface area contributed by atoms with Gasteiger partial charge in [0.05, 0.1) is 0 Å². The van der Waals surface area contributed by atoms with Crippen molar-refractivity contribution in [3.8, 4) is 0 Å². The normalized spacial score (nSPS) is 11.8. The molecule has 2 rings (SSSR count). The zero-order valence-electron chi connectivity index (χ0n) is 14.5. The molecule has 0 fully saturated rings. The summed E-state index contributed by atoms with van der Waals surface area (Å²) < 4.78 is 0. The molecule has 0 aliphatic carbocycles. The maximum atomic E-state index is 12.6. The lowest BCUT2D eigenvalue weighted by atomic mass is 9.88. The predicted molar refractivity (Wildman–Crippen MR) is 97.4 cm³/mol. The van der Waals surface area contributed by atoms with Gasteiger partial charge in [0.2, 0.25) is 5.91 Å². The van der Waals surface area contributed by atoms with Gasteiger partial charge in [-0.15, -0.1) is 0 Å². The van der Waals surface area contributed by atoms with Crippen LogP contribution in [0.4, 0.5) is 5.69 Å². The molecule has 2 aromatic carbocycles. The first-order chi connectivity index (χ1) is 12.0. The van der Waals surface area contributed by atoms with E-state index in [1.807, 2.05) is 32.0 Å². The van der Waals surface area contributed by atoms with Gasteiger partial charge in [0.15, 0.2) is 0 Å². The van der Waals surface area contributed by atoms with Crippen LogP contribution in [0.15, 0.2) is 54.6 Å². The fraction of sp³-hybridized carbons (Fsp3) is 0.300. The molecule has 1 unspecified atom stereocenters. The van der Waals surface area contributed by atoms with Crippen LogP contribution in [0.3, 0.4) is 0 Å². The molecular formula is C20H24N2O3. The summed E-state index contributed by atoms with van der Waals surface area (Å²) >= 11 is 0. The highest BCUT2D eigenvalue weighted by Crippen LogP contribution is 2.21. The molecule has 0 saturated heterocycles. The minimum absolute atomic E-state index is 0.0229. The third-order valence-corrected chi connectivity index (χ3v) is 4.24. The monoisotopic (exact) mass is 340 g/mol. The van der Waals surface area contributed by atoms with Crippen molar-refractivity contribution in [3.05, 3.63) is 65.7 Å². The van der Waals surface area contributed by atoms with Crippen LogP contribution in [0.25, 0.3) is 0 Å². The van der Waals surface area contributed by atoms with E-state index in [4.69, 9.17) is 5.21 Å². The van der Waals surface area contributed by atoms with Crippen molar-refractivity contribution in [2.24, 2.45) is 11.8 Å². The summed E-state index contributed by atoms with van der Waals surface area (Å²) in [4.78, 5) is 23.9. The van der Waals surface area contributed by atoms with E-state index in [-0.39, 0.29) is 17.7 Å². The van der Waals surface area contributed by atoms with Crippen LogP contribution in [-0.2, 0) is 11.2 Å². The molecule has 0 aromatic heterocycles. The van der Waals surface area contributed by atoms with E-state index in [1.54, 1.807) is 29.7 Å². The fourth-order valence-electron chi connectivity index (χ4n) is 2.74. The Morgan fingerprint density at radius 2 is 1.64 bits per heavy atom. The first-order valence-corrected chi connectivity index (χ1v) is 8.40. The van der Waals surface area contributed by atoms with Gasteiger partial charge in [-0.1, -0.05) is 44.2 Å². The molecule has 2 amide bonds. The Morgan fingerprint density at radius 3 is 2.20 bits per heavy atom. The molecule has 2 aromatic rings. The summed E-state index contributed by atoms with van der Waals surface area (Å²) in [5.74, 6) is -0.477. The number of aryl methyl sites for hydroxylation is 1. The van der Waals surface area contributed by atoms with E-state index in [9.17, 15) is 9.59 Å². The molecule has 5 nitrogen and oxygen atoms in total. The van der Waals surface area contributed by atoms with Gasteiger partial charge in [-0.3, -0.25) is 14.8 Å². The molecule has 0 radical (unpaired) electrons. The van der Waals surface area contributed by atoms with Gasteiger partial charge in [0, 0.05) is 17.2 Å². The maximum absolute atomic E-state index is 12.6. The van der Waals surface area contributed by atoms with Crippen molar-refractivity contribution in [2.45, 2.75) is 26.7 Å². The number of rotatable bonds is 7. The SMILES string of the molecule is CC(C)C(CCc1ccccc1)C(=O)Nc1ccc(C(=O)NO)cc1.